The highest BCUT2D eigenvalue weighted by Crippen LogP contribution is 2.29. The number of hydrogen-bond acceptors (Lipinski definition) is 5. The average Bonchev–Trinajstić information content (AvgIpc) is 3.15. The molecule has 1 aliphatic carbocycles. The monoisotopic (exact) mass is 415 g/mol. The molecule has 0 saturated carbocycles. The van der Waals surface area contributed by atoms with Crippen LogP contribution in [0.2, 0.25) is 0 Å². The van der Waals surface area contributed by atoms with Gasteiger partial charge in [0.15, 0.2) is 5.78 Å². The highest BCUT2D eigenvalue weighted by molar-refractivity contribution is 8.00. The number of carbonyl (C=O) groups excluding carboxylic acids is 2. The second kappa shape index (κ2) is 9.37. The molecule has 1 aromatic heterocycles. The summed E-state index contributed by atoms with van der Waals surface area (Å²) in [4.78, 5) is 42.0. The molecule has 8 heteroatoms. The van der Waals surface area contributed by atoms with Crippen molar-refractivity contribution in [2.24, 2.45) is 0 Å². The number of anilines is 1. The summed E-state index contributed by atoms with van der Waals surface area (Å²) in [5, 5.41) is 3.48. The Balaban J connectivity index is 1.69. The molecule has 29 heavy (non-hydrogen) atoms. The zero-order valence-electron chi connectivity index (χ0n) is 17.1. The number of Topliss-reactive ketones (excluding diaryl/α,β-unsaturated/α-hetero) is 1. The molecule has 1 aliphatic rings. The van der Waals surface area contributed by atoms with Gasteiger partial charge in [0.05, 0.1) is 32.9 Å². The third-order valence-electron chi connectivity index (χ3n) is 4.93. The number of quaternary nitrogens is 1. The molecule has 2 N–H and O–H groups in total. The Kier molecular flexibility index (Phi) is 6.87. The Morgan fingerprint density at radius 2 is 2.07 bits per heavy atom. The predicted molar refractivity (Wildman–Crippen MR) is 114 cm³/mol. The minimum absolute atomic E-state index is 0.0494. The van der Waals surface area contributed by atoms with E-state index in [1.54, 1.807) is 28.8 Å². The summed E-state index contributed by atoms with van der Waals surface area (Å²) in [7, 11) is 4.13. The number of nitrogens with one attached hydrogen (secondary N) is 2. The van der Waals surface area contributed by atoms with Crippen LogP contribution in [0.5, 0.6) is 0 Å². The van der Waals surface area contributed by atoms with E-state index in [1.807, 2.05) is 0 Å². The van der Waals surface area contributed by atoms with Crippen LogP contribution >= 0.6 is 11.8 Å². The molecule has 1 aromatic carbocycles. The van der Waals surface area contributed by atoms with Crippen LogP contribution in [0.1, 0.15) is 35.0 Å². The molecule has 0 saturated heterocycles. The Morgan fingerprint density at radius 3 is 2.79 bits per heavy atom. The maximum absolute atomic E-state index is 12.5. The summed E-state index contributed by atoms with van der Waals surface area (Å²) in [6, 6.07) is 6.86. The van der Waals surface area contributed by atoms with E-state index in [1.165, 1.54) is 23.6 Å². The van der Waals surface area contributed by atoms with Crippen LogP contribution in [0.15, 0.2) is 34.1 Å². The fourth-order valence-corrected chi connectivity index (χ4v) is 4.30. The van der Waals surface area contributed by atoms with Gasteiger partial charge in [0.25, 0.3) is 0 Å². The molecular formula is C21H27N4O3S+. The number of benzene rings is 1. The van der Waals surface area contributed by atoms with Crippen molar-refractivity contribution >= 4 is 29.1 Å². The molecule has 0 spiro atoms. The highest BCUT2D eigenvalue weighted by atomic mass is 32.2. The van der Waals surface area contributed by atoms with Crippen molar-refractivity contribution in [2.75, 3.05) is 31.7 Å². The van der Waals surface area contributed by atoms with Crippen LogP contribution < -0.4 is 15.9 Å². The number of nitrogens with zero attached hydrogens (tertiary/aromatic N) is 2. The number of ketones is 1. The summed E-state index contributed by atoms with van der Waals surface area (Å²) in [6.07, 6.45) is 2.78. The Labute approximate surface area is 174 Å². The molecule has 0 bridgehead atoms. The maximum atomic E-state index is 12.5. The molecule has 7 nitrogen and oxygen atoms in total. The first-order valence-electron chi connectivity index (χ1n) is 9.80. The van der Waals surface area contributed by atoms with Crippen molar-refractivity contribution in [1.29, 1.82) is 0 Å². The molecule has 154 valence electrons. The van der Waals surface area contributed by atoms with Gasteiger partial charge in [-0.15, -0.1) is 0 Å². The van der Waals surface area contributed by atoms with Crippen molar-refractivity contribution in [1.82, 2.24) is 9.55 Å². The van der Waals surface area contributed by atoms with Gasteiger partial charge in [-0.05, 0) is 38.3 Å². The number of carbonyl (C=O) groups is 2. The molecular weight excluding hydrogens is 388 g/mol. The van der Waals surface area contributed by atoms with Crippen LogP contribution in [0, 0.1) is 0 Å². The van der Waals surface area contributed by atoms with Gasteiger partial charge in [-0.25, -0.2) is 4.79 Å². The van der Waals surface area contributed by atoms with Gasteiger partial charge in [0.2, 0.25) is 5.91 Å². The first kappa shape index (κ1) is 21.3. The Hall–Kier alpha value is -2.45. The summed E-state index contributed by atoms with van der Waals surface area (Å²) in [5.74, 6) is -0.0778. The number of thioether (sulfide) groups is 1. The minimum Gasteiger partial charge on any atom is -0.338 e. The zero-order chi connectivity index (χ0) is 21.0. The molecule has 0 radical (unpaired) electrons. The van der Waals surface area contributed by atoms with E-state index < -0.39 is 0 Å². The van der Waals surface area contributed by atoms with Crippen molar-refractivity contribution in [3.05, 3.63) is 51.6 Å². The van der Waals surface area contributed by atoms with Gasteiger partial charge in [-0.3, -0.25) is 14.2 Å². The number of fused-ring (bicyclic) bond motifs is 1. The normalized spacial score (nSPS) is 12.8. The van der Waals surface area contributed by atoms with E-state index in [2.05, 4.69) is 24.4 Å². The van der Waals surface area contributed by atoms with Crippen LogP contribution in [0.3, 0.4) is 0 Å². The number of aromatic nitrogens is 2. The minimum atomic E-state index is -0.232. The van der Waals surface area contributed by atoms with Gasteiger partial charge in [0.1, 0.15) is 5.03 Å². The quantitative estimate of drug-likeness (QED) is 0.379. The molecule has 0 unspecified atom stereocenters. The van der Waals surface area contributed by atoms with Crippen LogP contribution in [0.25, 0.3) is 0 Å². The van der Waals surface area contributed by atoms with Crippen LogP contribution in [-0.2, 0) is 24.2 Å². The molecule has 1 amide bonds. The zero-order valence-corrected chi connectivity index (χ0v) is 17.9. The second-order valence-corrected chi connectivity index (χ2v) is 8.52. The topological polar surface area (TPSA) is 85.5 Å². The molecule has 3 rings (SSSR count). The lowest BCUT2D eigenvalue weighted by Gasteiger charge is -2.15. The third-order valence-corrected chi connectivity index (χ3v) is 5.95. The van der Waals surface area contributed by atoms with Gasteiger partial charge in [0, 0.05) is 22.5 Å². The molecule has 2 aromatic rings. The summed E-state index contributed by atoms with van der Waals surface area (Å²) in [5.41, 5.74) is 3.09. The van der Waals surface area contributed by atoms with E-state index in [9.17, 15) is 14.4 Å². The molecule has 0 fully saturated rings. The van der Waals surface area contributed by atoms with E-state index >= 15 is 0 Å². The second-order valence-electron chi connectivity index (χ2n) is 7.56. The number of hydrogen-bond donors (Lipinski definition) is 2. The van der Waals surface area contributed by atoms with Gasteiger partial charge in [-0.2, -0.15) is 4.98 Å². The third kappa shape index (κ3) is 5.33. The van der Waals surface area contributed by atoms with Crippen molar-refractivity contribution in [3.8, 4) is 0 Å². The Bertz CT molecular complexity index is 984. The number of likely N-dealkylation sites (N-methyl/N-ethyl adjacent to an activating group) is 1. The predicted octanol–water partition coefficient (Wildman–Crippen LogP) is 0.810. The molecule has 0 aliphatic heterocycles. The van der Waals surface area contributed by atoms with Gasteiger partial charge >= 0.3 is 5.69 Å². The number of rotatable bonds is 8. The summed E-state index contributed by atoms with van der Waals surface area (Å²) in [6.45, 7) is 3.02. The van der Waals surface area contributed by atoms with Crippen molar-refractivity contribution in [2.45, 2.75) is 37.8 Å². The summed E-state index contributed by atoms with van der Waals surface area (Å²) >= 11 is 1.30. The SMILES string of the molecule is CC(=O)c1cccc(NC(=O)CSc2nc(=O)n(CC[NH+](C)C)c3c2CCC3)c1. The number of amides is 1. The standard InChI is InChI=1S/C21H26N4O3S/c1-14(26)15-6-4-7-16(12-15)22-19(27)13-29-20-17-8-5-9-18(17)25(21(28)23-20)11-10-24(2)3/h4,6-7,12H,5,8-11,13H2,1-3H3,(H,22,27)/p+1. The smallest absolute Gasteiger partial charge is 0.338 e. The van der Waals surface area contributed by atoms with Crippen molar-refractivity contribution < 1.29 is 14.5 Å². The average molecular weight is 416 g/mol. The van der Waals surface area contributed by atoms with Crippen LogP contribution in [-0.4, -0.2) is 47.6 Å². The van der Waals surface area contributed by atoms with Crippen LogP contribution in [0.4, 0.5) is 5.69 Å². The van der Waals surface area contributed by atoms with Crippen molar-refractivity contribution in [3.63, 3.8) is 0 Å². The molecule has 0 atom stereocenters. The highest BCUT2D eigenvalue weighted by Gasteiger charge is 2.22. The largest absolute Gasteiger partial charge is 0.349 e. The fraction of sp³-hybridized carbons (Fsp3) is 0.429. The summed E-state index contributed by atoms with van der Waals surface area (Å²) < 4.78 is 1.80. The molecule has 1 heterocycles. The van der Waals surface area contributed by atoms with E-state index in [0.717, 1.165) is 37.1 Å². The maximum Gasteiger partial charge on any atom is 0.349 e. The lowest BCUT2D eigenvalue weighted by atomic mass is 10.1. The fourth-order valence-electron chi connectivity index (χ4n) is 3.42. The van der Waals surface area contributed by atoms with E-state index in [0.29, 0.717) is 22.8 Å². The Morgan fingerprint density at radius 1 is 1.28 bits per heavy atom. The first-order chi connectivity index (χ1) is 13.8. The lowest BCUT2D eigenvalue weighted by molar-refractivity contribution is -0.859. The van der Waals surface area contributed by atoms with E-state index in [-0.39, 0.29) is 23.1 Å². The first-order valence-corrected chi connectivity index (χ1v) is 10.8. The lowest BCUT2D eigenvalue weighted by Crippen LogP contribution is -3.06. The van der Waals surface area contributed by atoms with Gasteiger partial charge in [-0.1, -0.05) is 23.9 Å². The van der Waals surface area contributed by atoms with Gasteiger partial charge < -0.3 is 10.2 Å². The van der Waals surface area contributed by atoms with E-state index in [4.69, 9.17) is 0 Å².